The van der Waals surface area contributed by atoms with Crippen molar-refractivity contribution in [1.82, 2.24) is 0 Å². The van der Waals surface area contributed by atoms with E-state index in [9.17, 15) is 10.1 Å². The van der Waals surface area contributed by atoms with Crippen molar-refractivity contribution in [2.24, 2.45) is 0 Å². The fourth-order valence-electron chi connectivity index (χ4n) is 2.36. The fraction of sp³-hybridized carbons (Fsp3) is 0.304. The van der Waals surface area contributed by atoms with Crippen molar-refractivity contribution in [3.63, 3.8) is 0 Å². The van der Waals surface area contributed by atoms with Gasteiger partial charge in [0.2, 0.25) is 0 Å². The lowest BCUT2D eigenvalue weighted by Crippen LogP contribution is -2.13. The molecule has 2 aromatic carbocycles. The number of benzene rings is 2. The normalized spacial score (nSPS) is 10.8. The summed E-state index contributed by atoms with van der Waals surface area (Å²) in [7, 11) is 0. The Labute approximate surface area is 166 Å². The highest BCUT2D eigenvalue weighted by Gasteiger charge is 2.10. The van der Waals surface area contributed by atoms with Gasteiger partial charge in [-0.25, -0.2) is 0 Å². The first-order valence-corrected chi connectivity index (χ1v) is 9.55. The molecule has 0 fully saturated rings. The molecule has 1 amide bonds. The molecular weight excluding hydrogens is 352 g/mol. The van der Waals surface area contributed by atoms with Gasteiger partial charge in [-0.15, -0.1) is 0 Å². The topological polar surface area (TPSA) is 71.3 Å². The van der Waals surface area contributed by atoms with Crippen molar-refractivity contribution in [1.29, 1.82) is 5.26 Å². The Kier molecular flexibility index (Phi) is 8.61. The second-order valence-corrected chi connectivity index (χ2v) is 6.27. The maximum atomic E-state index is 12.4. The molecule has 0 saturated carbocycles. The molecule has 0 aliphatic heterocycles. The molecule has 0 aliphatic carbocycles. The summed E-state index contributed by atoms with van der Waals surface area (Å²) in [4.78, 5) is 12.4. The Morgan fingerprint density at radius 2 is 1.57 bits per heavy atom. The van der Waals surface area contributed by atoms with Crippen LogP contribution in [0.3, 0.4) is 0 Å². The average molecular weight is 378 g/mol. The summed E-state index contributed by atoms with van der Waals surface area (Å²) in [6, 6.07) is 16.4. The Morgan fingerprint density at radius 1 is 0.964 bits per heavy atom. The third-order valence-electron chi connectivity index (χ3n) is 3.91. The van der Waals surface area contributed by atoms with Crippen LogP contribution in [0.1, 0.15) is 38.7 Å². The number of unbranched alkanes of at least 4 members (excludes halogenated alkanes) is 1. The fourth-order valence-corrected chi connectivity index (χ4v) is 2.36. The molecule has 5 nitrogen and oxygen atoms in total. The van der Waals surface area contributed by atoms with Gasteiger partial charge in [0, 0.05) is 5.69 Å². The number of hydrogen-bond donors (Lipinski definition) is 1. The first-order chi connectivity index (χ1) is 13.7. The van der Waals surface area contributed by atoms with Gasteiger partial charge in [0.15, 0.2) is 0 Å². The van der Waals surface area contributed by atoms with Crippen molar-refractivity contribution in [2.45, 2.75) is 33.1 Å². The lowest BCUT2D eigenvalue weighted by Gasteiger charge is -2.08. The minimum atomic E-state index is -0.450. The van der Waals surface area contributed by atoms with Crippen molar-refractivity contribution in [3.05, 3.63) is 59.7 Å². The number of nitrogens with zero attached hydrogens (tertiary/aromatic N) is 1. The number of amides is 1. The SMILES string of the molecule is CCCCOc1ccc(NC(=O)/C(C#N)=C/c2ccc(OCCC)cc2)cc1. The highest BCUT2D eigenvalue weighted by atomic mass is 16.5. The van der Waals surface area contributed by atoms with E-state index in [0.717, 1.165) is 36.3 Å². The summed E-state index contributed by atoms with van der Waals surface area (Å²) in [5.74, 6) is 1.07. The van der Waals surface area contributed by atoms with Gasteiger partial charge in [-0.2, -0.15) is 5.26 Å². The van der Waals surface area contributed by atoms with E-state index in [1.165, 1.54) is 0 Å². The Hall–Kier alpha value is -3.26. The van der Waals surface area contributed by atoms with Gasteiger partial charge < -0.3 is 14.8 Å². The van der Waals surface area contributed by atoms with Crippen LogP contribution in [0.2, 0.25) is 0 Å². The molecule has 0 spiro atoms. The number of carbonyl (C=O) groups is 1. The van der Waals surface area contributed by atoms with E-state index in [1.54, 1.807) is 30.3 Å². The van der Waals surface area contributed by atoms with Gasteiger partial charge in [-0.1, -0.05) is 32.4 Å². The predicted octanol–water partition coefficient (Wildman–Crippen LogP) is 5.20. The third kappa shape index (κ3) is 6.81. The quantitative estimate of drug-likeness (QED) is 0.350. The first kappa shape index (κ1) is 21.0. The molecule has 0 atom stereocenters. The number of nitriles is 1. The zero-order valence-corrected chi connectivity index (χ0v) is 16.4. The number of carbonyl (C=O) groups excluding carboxylic acids is 1. The van der Waals surface area contributed by atoms with Crippen molar-refractivity contribution < 1.29 is 14.3 Å². The molecule has 0 heterocycles. The number of rotatable bonds is 10. The molecule has 5 heteroatoms. The van der Waals surface area contributed by atoms with E-state index in [4.69, 9.17) is 9.47 Å². The standard InChI is InChI=1S/C23H26N2O3/c1-3-5-15-28-22-12-8-20(9-13-22)25-23(26)19(17-24)16-18-6-10-21(11-7-18)27-14-4-2/h6-13,16H,3-5,14-15H2,1-2H3,(H,25,26)/b19-16+. The van der Waals surface area contributed by atoms with Gasteiger partial charge in [-0.3, -0.25) is 4.79 Å². The lowest BCUT2D eigenvalue weighted by atomic mass is 10.1. The van der Waals surface area contributed by atoms with Crippen LogP contribution in [-0.4, -0.2) is 19.1 Å². The summed E-state index contributed by atoms with van der Waals surface area (Å²) >= 11 is 0. The Balaban J connectivity index is 1.99. The molecule has 1 N–H and O–H groups in total. The predicted molar refractivity (Wildman–Crippen MR) is 111 cm³/mol. The molecule has 0 unspecified atom stereocenters. The molecule has 0 radical (unpaired) electrons. The highest BCUT2D eigenvalue weighted by molar-refractivity contribution is 6.09. The van der Waals surface area contributed by atoms with E-state index in [1.807, 2.05) is 37.3 Å². The van der Waals surface area contributed by atoms with Crippen LogP contribution >= 0.6 is 0 Å². The number of anilines is 1. The summed E-state index contributed by atoms with van der Waals surface area (Å²) in [6.45, 7) is 5.48. The smallest absolute Gasteiger partial charge is 0.266 e. The monoisotopic (exact) mass is 378 g/mol. The number of nitrogens with one attached hydrogen (secondary N) is 1. The maximum Gasteiger partial charge on any atom is 0.266 e. The first-order valence-electron chi connectivity index (χ1n) is 9.55. The molecule has 2 rings (SSSR count). The summed E-state index contributed by atoms with van der Waals surface area (Å²) < 4.78 is 11.1. The van der Waals surface area contributed by atoms with E-state index in [-0.39, 0.29) is 5.57 Å². The number of hydrogen-bond acceptors (Lipinski definition) is 4. The highest BCUT2D eigenvalue weighted by Crippen LogP contribution is 2.18. The molecule has 0 saturated heterocycles. The summed E-state index contributed by atoms with van der Waals surface area (Å²) in [5, 5.41) is 12.1. The summed E-state index contributed by atoms with van der Waals surface area (Å²) in [6.07, 6.45) is 4.57. The minimum absolute atomic E-state index is 0.0329. The molecule has 146 valence electrons. The van der Waals surface area contributed by atoms with Gasteiger partial charge >= 0.3 is 0 Å². The Bertz CT molecular complexity index is 818. The Morgan fingerprint density at radius 3 is 2.14 bits per heavy atom. The van der Waals surface area contributed by atoms with Gasteiger partial charge in [0.25, 0.3) is 5.91 Å². The van der Waals surface area contributed by atoms with Crippen LogP contribution < -0.4 is 14.8 Å². The van der Waals surface area contributed by atoms with Crippen LogP contribution in [0.4, 0.5) is 5.69 Å². The third-order valence-corrected chi connectivity index (χ3v) is 3.91. The lowest BCUT2D eigenvalue weighted by molar-refractivity contribution is -0.112. The molecule has 28 heavy (non-hydrogen) atoms. The second-order valence-electron chi connectivity index (χ2n) is 6.27. The zero-order chi connectivity index (χ0) is 20.2. The largest absolute Gasteiger partial charge is 0.494 e. The van der Waals surface area contributed by atoms with Crippen molar-refractivity contribution >= 4 is 17.7 Å². The van der Waals surface area contributed by atoms with Gasteiger partial charge in [0.1, 0.15) is 23.1 Å². The minimum Gasteiger partial charge on any atom is -0.494 e. The van der Waals surface area contributed by atoms with Crippen LogP contribution in [0.5, 0.6) is 11.5 Å². The summed E-state index contributed by atoms with van der Waals surface area (Å²) in [5.41, 5.74) is 1.40. The van der Waals surface area contributed by atoms with Crippen LogP contribution in [0.25, 0.3) is 6.08 Å². The zero-order valence-electron chi connectivity index (χ0n) is 16.4. The van der Waals surface area contributed by atoms with E-state index in [2.05, 4.69) is 12.2 Å². The van der Waals surface area contributed by atoms with Gasteiger partial charge in [-0.05, 0) is 60.9 Å². The van der Waals surface area contributed by atoms with Crippen LogP contribution in [0.15, 0.2) is 54.1 Å². The van der Waals surface area contributed by atoms with Crippen LogP contribution in [-0.2, 0) is 4.79 Å². The molecular formula is C23H26N2O3. The van der Waals surface area contributed by atoms with E-state index in [0.29, 0.717) is 18.9 Å². The molecule has 0 bridgehead atoms. The van der Waals surface area contributed by atoms with Gasteiger partial charge in [0.05, 0.1) is 13.2 Å². The van der Waals surface area contributed by atoms with Crippen molar-refractivity contribution in [2.75, 3.05) is 18.5 Å². The second kappa shape index (κ2) is 11.5. The molecule has 0 aliphatic rings. The average Bonchev–Trinajstić information content (AvgIpc) is 2.72. The maximum absolute atomic E-state index is 12.4. The van der Waals surface area contributed by atoms with Crippen LogP contribution in [0, 0.1) is 11.3 Å². The van der Waals surface area contributed by atoms with E-state index >= 15 is 0 Å². The molecule has 2 aromatic rings. The van der Waals surface area contributed by atoms with E-state index < -0.39 is 5.91 Å². The number of ether oxygens (including phenoxy) is 2. The van der Waals surface area contributed by atoms with Crippen molar-refractivity contribution in [3.8, 4) is 17.6 Å². The molecule has 0 aromatic heterocycles.